The van der Waals surface area contributed by atoms with E-state index in [-0.39, 0.29) is 6.03 Å². The van der Waals surface area contributed by atoms with Gasteiger partial charge in [-0.2, -0.15) is 0 Å². The predicted octanol–water partition coefficient (Wildman–Crippen LogP) is 4.61. The number of ether oxygens (including phenoxy) is 1. The number of anilines is 2. The summed E-state index contributed by atoms with van der Waals surface area (Å²) in [6.07, 6.45) is 0. The van der Waals surface area contributed by atoms with E-state index in [2.05, 4.69) is 10.6 Å². The molecule has 0 heterocycles. The topological polar surface area (TPSA) is 50.4 Å². The minimum Gasteiger partial charge on any atom is -0.495 e. The van der Waals surface area contributed by atoms with E-state index in [0.717, 1.165) is 11.3 Å². The van der Waals surface area contributed by atoms with Gasteiger partial charge in [-0.05, 0) is 55.3 Å². The first kappa shape index (κ1) is 15.2. The molecule has 0 fully saturated rings. The Morgan fingerprint density at radius 3 is 2.19 bits per heavy atom. The lowest BCUT2D eigenvalue weighted by Gasteiger charge is -2.10. The lowest BCUT2D eigenvalue weighted by atomic mass is 10.1. The number of carbonyl (C=O) groups is 1. The van der Waals surface area contributed by atoms with Crippen molar-refractivity contribution in [2.24, 2.45) is 0 Å². The van der Waals surface area contributed by atoms with Crippen LogP contribution in [0.4, 0.5) is 16.2 Å². The molecule has 0 spiro atoms. The van der Waals surface area contributed by atoms with Gasteiger partial charge in [-0.25, -0.2) is 4.79 Å². The Balaban J connectivity index is 2.04. The third kappa shape index (κ3) is 3.89. The molecule has 0 atom stereocenters. The number of carbonyl (C=O) groups excluding carboxylic acids is 1. The zero-order valence-corrected chi connectivity index (χ0v) is 12.9. The minimum absolute atomic E-state index is 0.320. The second-order valence-electron chi connectivity index (χ2n) is 4.73. The van der Waals surface area contributed by atoms with Crippen LogP contribution < -0.4 is 15.4 Å². The number of aryl methyl sites for hydroxylation is 2. The molecule has 0 unspecified atom stereocenters. The van der Waals surface area contributed by atoms with E-state index < -0.39 is 0 Å². The molecule has 2 rings (SSSR count). The fraction of sp³-hybridized carbons (Fsp3) is 0.188. The molecular formula is C16H17ClN2O2. The van der Waals surface area contributed by atoms with Gasteiger partial charge >= 0.3 is 6.03 Å². The SMILES string of the molecule is COc1ccc(NC(=O)Nc2ccc(C)c(C)c2)cc1Cl. The Morgan fingerprint density at radius 2 is 1.62 bits per heavy atom. The van der Waals surface area contributed by atoms with Gasteiger partial charge in [-0.1, -0.05) is 17.7 Å². The van der Waals surface area contributed by atoms with E-state index >= 15 is 0 Å². The van der Waals surface area contributed by atoms with Crippen LogP contribution in [0, 0.1) is 13.8 Å². The summed E-state index contributed by atoms with van der Waals surface area (Å²) in [7, 11) is 1.54. The molecule has 2 aromatic carbocycles. The van der Waals surface area contributed by atoms with Gasteiger partial charge in [0.25, 0.3) is 0 Å². The highest BCUT2D eigenvalue weighted by molar-refractivity contribution is 6.32. The summed E-state index contributed by atoms with van der Waals surface area (Å²) in [5.41, 5.74) is 3.65. The molecule has 0 saturated carbocycles. The maximum absolute atomic E-state index is 11.9. The van der Waals surface area contributed by atoms with Crippen molar-refractivity contribution in [3.8, 4) is 5.75 Å². The van der Waals surface area contributed by atoms with Gasteiger partial charge in [-0.15, -0.1) is 0 Å². The zero-order valence-electron chi connectivity index (χ0n) is 12.2. The number of rotatable bonds is 3. The molecule has 0 aliphatic carbocycles. The molecule has 2 N–H and O–H groups in total. The van der Waals surface area contributed by atoms with Crippen LogP contribution in [0.15, 0.2) is 36.4 Å². The fourth-order valence-electron chi connectivity index (χ4n) is 1.86. The smallest absolute Gasteiger partial charge is 0.323 e. The third-order valence-electron chi connectivity index (χ3n) is 3.17. The molecule has 2 amide bonds. The van der Waals surface area contributed by atoms with E-state index in [4.69, 9.17) is 16.3 Å². The first-order chi connectivity index (χ1) is 9.99. The first-order valence-corrected chi connectivity index (χ1v) is 6.86. The Bertz CT molecular complexity index is 671. The number of amides is 2. The fourth-order valence-corrected chi connectivity index (χ4v) is 2.11. The van der Waals surface area contributed by atoms with Crippen molar-refractivity contribution in [3.05, 3.63) is 52.5 Å². The molecule has 0 aromatic heterocycles. The standard InChI is InChI=1S/C16H17ClN2O2/c1-10-4-5-12(8-11(10)2)18-16(20)19-13-6-7-15(21-3)14(17)9-13/h4-9H,1-3H3,(H2,18,19,20). The average Bonchev–Trinajstić information content (AvgIpc) is 2.43. The molecule has 5 heteroatoms. The summed E-state index contributed by atoms with van der Waals surface area (Å²) in [4.78, 5) is 11.9. The Morgan fingerprint density at radius 1 is 1.00 bits per heavy atom. The van der Waals surface area contributed by atoms with Gasteiger partial charge in [0.1, 0.15) is 5.75 Å². The van der Waals surface area contributed by atoms with Gasteiger partial charge in [-0.3, -0.25) is 0 Å². The van der Waals surface area contributed by atoms with Gasteiger partial charge in [0.15, 0.2) is 0 Å². The molecule has 110 valence electrons. The van der Waals surface area contributed by atoms with E-state index in [1.807, 2.05) is 32.0 Å². The van der Waals surface area contributed by atoms with E-state index in [9.17, 15) is 4.79 Å². The Kier molecular flexibility index (Phi) is 4.70. The molecular weight excluding hydrogens is 288 g/mol. The molecule has 0 aliphatic rings. The molecule has 0 aliphatic heterocycles. The minimum atomic E-state index is -0.320. The van der Waals surface area contributed by atoms with Crippen molar-refractivity contribution >= 4 is 29.0 Å². The lowest BCUT2D eigenvalue weighted by molar-refractivity contribution is 0.262. The second-order valence-corrected chi connectivity index (χ2v) is 5.13. The van der Waals surface area contributed by atoms with Crippen LogP contribution in [0.1, 0.15) is 11.1 Å². The van der Waals surface area contributed by atoms with Crippen LogP contribution in [0.25, 0.3) is 0 Å². The number of benzene rings is 2. The third-order valence-corrected chi connectivity index (χ3v) is 3.47. The van der Waals surface area contributed by atoms with Crippen molar-refractivity contribution in [2.45, 2.75) is 13.8 Å². The highest BCUT2D eigenvalue weighted by atomic mass is 35.5. The van der Waals surface area contributed by atoms with Crippen molar-refractivity contribution in [3.63, 3.8) is 0 Å². The average molecular weight is 305 g/mol. The van der Waals surface area contributed by atoms with E-state index in [1.165, 1.54) is 5.56 Å². The summed E-state index contributed by atoms with van der Waals surface area (Å²) in [6, 6.07) is 10.5. The van der Waals surface area contributed by atoms with Crippen LogP contribution >= 0.6 is 11.6 Å². The largest absolute Gasteiger partial charge is 0.495 e. The predicted molar refractivity (Wildman–Crippen MR) is 86.6 cm³/mol. The van der Waals surface area contributed by atoms with Crippen LogP contribution in [0.5, 0.6) is 5.75 Å². The lowest BCUT2D eigenvalue weighted by Crippen LogP contribution is -2.19. The summed E-state index contributed by atoms with van der Waals surface area (Å²) in [6.45, 7) is 4.03. The molecule has 4 nitrogen and oxygen atoms in total. The summed E-state index contributed by atoms with van der Waals surface area (Å²) >= 11 is 6.01. The highest BCUT2D eigenvalue weighted by Crippen LogP contribution is 2.27. The monoisotopic (exact) mass is 304 g/mol. The van der Waals surface area contributed by atoms with Gasteiger partial charge < -0.3 is 15.4 Å². The van der Waals surface area contributed by atoms with Crippen molar-refractivity contribution in [2.75, 3.05) is 17.7 Å². The normalized spacial score (nSPS) is 10.1. The number of nitrogens with one attached hydrogen (secondary N) is 2. The quantitative estimate of drug-likeness (QED) is 0.870. The highest BCUT2D eigenvalue weighted by Gasteiger charge is 2.06. The molecule has 0 saturated heterocycles. The van der Waals surface area contributed by atoms with Gasteiger partial charge in [0, 0.05) is 11.4 Å². The number of hydrogen-bond acceptors (Lipinski definition) is 2. The molecule has 0 radical (unpaired) electrons. The Labute approximate surface area is 129 Å². The van der Waals surface area contributed by atoms with Crippen LogP contribution in [0.2, 0.25) is 5.02 Å². The number of halogens is 1. The second kappa shape index (κ2) is 6.50. The van der Waals surface area contributed by atoms with Gasteiger partial charge in [0.05, 0.1) is 12.1 Å². The first-order valence-electron chi connectivity index (χ1n) is 6.48. The Hall–Kier alpha value is -2.20. The van der Waals surface area contributed by atoms with Crippen LogP contribution in [-0.4, -0.2) is 13.1 Å². The van der Waals surface area contributed by atoms with Crippen LogP contribution in [-0.2, 0) is 0 Å². The number of urea groups is 1. The van der Waals surface area contributed by atoms with Crippen molar-refractivity contribution in [1.29, 1.82) is 0 Å². The summed E-state index contributed by atoms with van der Waals surface area (Å²) in [5.74, 6) is 0.566. The van der Waals surface area contributed by atoms with Crippen molar-refractivity contribution < 1.29 is 9.53 Å². The van der Waals surface area contributed by atoms with E-state index in [0.29, 0.717) is 16.5 Å². The van der Waals surface area contributed by atoms with Crippen LogP contribution in [0.3, 0.4) is 0 Å². The van der Waals surface area contributed by atoms with Gasteiger partial charge in [0.2, 0.25) is 0 Å². The van der Waals surface area contributed by atoms with Crippen molar-refractivity contribution in [1.82, 2.24) is 0 Å². The van der Waals surface area contributed by atoms with E-state index in [1.54, 1.807) is 25.3 Å². The molecule has 2 aromatic rings. The maximum Gasteiger partial charge on any atom is 0.323 e. The zero-order chi connectivity index (χ0) is 15.4. The maximum atomic E-state index is 11.9. The molecule has 0 bridgehead atoms. The number of hydrogen-bond donors (Lipinski definition) is 2. The molecule has 21 heavy (non-hydrogen) atoms. The summed E-state index contributed by atoms with van der Waals surface area (Å²) < 4.78 is 5.06. The summed E-state index contributed by atoms with van der Waals surface area (Å²) in [5, 5.41) is 5.95. The number of methoxy groups -OCH3 is 1.